The quantitative estimate of drug-likeness (QED) is 0.838. The fourth-order valence-electron chi connectivity index (χ4n) is 2.05. The van der Waals surface area contributed by atoms with Crippen molar-refractivity contribution in [3.63, 3.8) is 0 Å². The Bertz CT molecular complexity index is 565. The predicted molar refractivity (Wildman–Crippen MR) is 82.9 cm³/mol. The molecule has 20 heavy (non-hydrogen) atoms. The maximum absolute atomic E-state index is 12.3. The number of sulfonamides is 1. The lowest BCUT2D eigenvalue weighted by Gasteiger charge is -2.22. The first kappa shape index (κ1) is 16.5. The van der Waals surface area contributed by atoms with Crippen molar-refractivity contribution in [2.24, 2.45) is 5.92 Å². The molecule has 1 atom stereocenters. The van der Waals surface area contributed by atoms with Gasteiger partial charge >= 0.3 is 0 Å². The number of ether oxygens (including phenoxy) is 1. The summed E-state index contributed by atoms with van der Waals surface area (Å²) in [6.07, 6.45) is 1.90. The van der Waals surface area contributed by atoms with E-state index in [4.69, 9.17) is 27.9 Å². The van der Waals surface area contributed by atoms with E-state index in [2.05, 4.69) is 20.7 Å². The lowest BCUT2D eigenvalue weighted by molar-refractivity contribution is 0.0568. The van der Waals surface area contributed by atoms with Gasteiger partial charge in [-0.05, 0) is 30.9 Å². The van der Waals surface area contributed by atoms with Crippen LogP contribution >= 0.6 is 39.1 Å². The van der Waals surface area contributed by atoms with Gasteiger partial charge in [0.2, 0.25) is 10.0 Å². The third-order valence-corrected chi connectivity index (χ3v) is 5.85. The first-order valence-electron chi connectivity index (χ1n) is 6.12. The second-order valence-corrected chi connectivity index (χ2v) is 8.07. The Morgan fingerprint density at radius 3 is 2.55 bits per heavy atom. The Morgan fingerprint density at radius 1 is 1.35 bits per heavy atom. The van der Waals surface area contributed by atoms with Crippen molar-refractivity contribution in [2.45, 2.75) is 17.7 Å². The van der Waals surface area contributed by atoms with Crippen molar-refractivity contribution >= 4 is 49.2 Å². The molecular formula is C12H14BrCl2NO3S. The molecule has 2 rings (SSSR count). The summed E-state index contributed by atoms with van der Waals surface area (Å²) >= 11 is 15.2. The molecule has 1 aromatic carbocycles. The number of hydrogen-bond acceptors (Lipinski definition) is 3. The van der Waals surface area contributed by atoms with Gasteiger partial charge in [-0.15, -0.1) is 0 Å². The largest absolute Gasteiger partial charge is 0.381 e. The Kier molecular flexibility index (Phi) is 5.73. The van der Waals surface area contributed by atoms with Gasteiger partial charge in [-0.2, -0.15) is 0 Å². The van der Waals surface area contributed by atoms with Crippen LogP contribution in [0.3, 0.4) is 0 Å². The molecule has 0 radical (unpaired) electrons. The van der Waals surface area contributed by atoms with Gasteiger partial charge in [-0.1, -0.05) is 39.1 Å². The van der Waals surface area contributed by atoms with E-state index in [0.717, 1.165) is 19.4 Å². The van der Waals surface area contributed by atoms with Crippen LogP contribution in [0.25, 0.3) is 0 Å². The summed E-state index contributed by atoms with van der Waals surface area (Å²) < 4.78 is 33.1. The monoisotopic (exact) mass is 401 g/mol. The van der Waals surface area contributed by atoms with E-state index in [1.54, 1.807) is 0 Å². The van der Waals surface area contributed by atoms with Crippen molar-refractivity contribution in [1.29, 1.82) is 0 Å². The van der Waals surface area contributed by atoms with Crippen LogP contribution in [0.4, 0.5) is 0 Å². The number of hydrogen-bond donors (Lipinski definition) is 1. The average molecular weight is 403 g/mol. The van der Waals surface area contributed by atoms with Gasteiger partial charge in [0.1, 0.15) is 4.90 Å². The van der Waals surface area contributed by atoms with Crippen LogP contribution in [0.2, 0.25) is 10.0 Å². The summed E-state index contributed by atoms with van der Waals surface area (Å²) in [6.45, 7) is 1.64. The molecule has 4 nitrogen and oxygen atoms in total. The second-order valence-electron chi connectivity index (χ2n) is 4.63. The Hall–Kier alpha value is 0.150. The SMILES string of the molecule is O=S(=O)(NCC1CCCOC1)c1c(Cl)cc(Br)cc1Cl. The highest BCUT2D eigenvalue weighted by Crippen LogP contribution is 2.32. The molecule has 0 aromatic heterocycles. The minimum Gasteiger partial charge on any atom is -0.381 e. The fourth-order valence-corrected chi connectivity index (χ4v) is 5.10. The lowest BCUT2D eigenvalue weighted by atomic mass is 10.0. The van der Waals surface area contributed by atoms with Crippen LogP contribution in [-0.4, -0.2) is 28.2 Å². The summed E-state index contributed by atoms with van der Waals surface area (Å²) in [4.78, 5) is -0.0826. The van der Waals surface area contributed by atoms with Gasteiger partial charge in [0.05, 0.1) is 16.7 Å². The standard InChI is InChI=1S/C12H14BrCl2NO3S/c13-9-4-10(14)12(11(15)5-9)20(17,18)16-6-8-2-1-3-19-7-8/h4-5,8,16H,1-3,6-7H2. The van der Waals surface area contributed by atoms with Crippen molar-refractivity contribution in [3.05, 3.63) is 26.7 Å². The smallest absolute Gasteiger partial charge is 0.243 e. The van der Waals surface area contributed by atoms with Crippen LogP contribution in [0.1, 0.15) is 12.8 Å². The van der Waals surface area contributed by atoms with E-state index in [1.807, 2.05) is 0 Å². The van der Waals surface area contributed by atoms with Crippen LogP contribution in [0, 0.1) is 5.92 Å². The van der Waals surface area contributed by atoms with Crippen LogP contribution in [0.15, 0.2) is 21.5 Å². The van der Waals surface area contributed by atoms with Gasteiger partial charge in [-0.25, -0.2) is 13.1 Å². The molecule has 0 aliphatic carbocycles. The summed E-state index contributed by atoms with van der Waals surface area (Å²) in [6, 6.07) is 3.01. The van der Waals surface area contributed by atoms with Crippen LogP contribution in [-0.2, 0) is 14.8 Å². The van der Waals surface area contributed by atoms with Crippen molar-refractivity contribution in [3.8, 4) is 0 Å². The molecule has 1 aromatic rings. The second kappa shape index (κ2) is 6.94. The summed E-state index contributed by atoms with van der Waals surface area (Å²) in [5.74, 6) is 0.187. The molecule has 0 saturated carbocycles. The fraction of sp³-hybridized carbons (Fsp3) is 0.500. The Labute approximate surface area is 137 Å². The van der Waals surface area contributed by atoms with Crippen LogP contribution in [0.5, 0.6) is 0 Å². The lowest BCUT2D eigenvalue weighted by Crippen LogP contribution is -2.33. The zero-order valence-corrected chi connectivity index (χ0v) is 14.4. The maximum atomic E-state index is 12.3. The van der Waals surface area contributed by atoms with E-state index < -0.39 is 10.0 Å². The molecule has 1 saturated heterocycles. The zero-order valence-electron chi connectivity index (χ0n) is 10.5. The van der Waals surface area contributed by atoms with E-state index >= 15 is 0 Å². The van der Waals surface area contributed by atoms with E-state index in [1.165, 1.54) is 12.1 Å². The third-order valence-electron chi connectivity index (χ3n) is 3.05. The molecule has 1 aliphatic rings. The normalized spacial score (nSPS) is 20.1. The maximum Gasteiger partial charge on any atom is 0.243 e. The molecule has 0 amide bonds. The van der Waals surface area contributed by atoms with Gasteiger partial charge in [0, 0.05) is 17.6 Å². The summed E-state index contributed by atoms with van der Waals surface area (Å²) in [5, 5.41) is 0.188. The van der Waals surface area contributed by atoms with Gasteiger partial charge in [0.15, 0.2) is 0 Å². The first-order valence-corrected chi connectivity index (χ1v) is 9.15. The highest BCUT2D eigenvalue weighted by Gasteiger charge is 2.24. The summed E-state index contributed by atoms with van der Waals surface area (Å²) in [5.41, 5.74) is 0. The first-order chi connectivity index (χ1) is 9.40. The van der Waals surface area contributed by atoms with Crippen LogP contribution < -0.4 is 4.72 Å². The van der Waals surface area contributed by atoms with Crippen molar-refractivity contribution in [1.82, 2.24) is 4.72 Å². The van der Waals surface area contributed by atoms with E-state index in [0.29, 0.717) is 17.6 Å². The zero-order chi connectivity index (χ0) is 14.8. The van der Waals surface area contributed by atoms with Crippen molar-refractivity contribution in [2.75, 3.05) is 19.8 Å². The molecule has 1 heterocycles. The highest BCUT2D eigenvalue weighted by atomic mass is 79.9. The third kappa shape index (κ3) is 4.08. The predicted octanol–water partition coefficient (Wildman–Crippen LogP) is 3.46. The molecule has 1 aliphatic heterocycles. The number of rotatable bonds is 4. The minimum absolute atomic E-state index is 0.0826. The molecular weight excluding hydrogens is 389 g/mol. The molecule has 0 bridgehead atoms. The molecule has 1 unspecified atom stereocenters. The Balaban J connectivity index is 2.14. The molecule has 8 heteroatoms. The number of nitrogens with one attached hydrogen (secondary N) is 1. The molecule has 0 spiro atoms. The average Bonchev–Trinajstić information content (AvgIpc) is 2.36. The molecule has 1 N–H and O–H groups in total. The van der Waals surface area contributed by atoms with Crippen molar-refractivity contribution < 1.29 is 13.2 Å². The number of halogens is 3. The van der Waals surface area contributed by atoms with Gasteiger partial charge < -0.3 is 4.74 Å². The molecule has 112 valence electrons. The topological polar surface area (TPSA) is 55.4 Å². The minimum atomic E-state index is -3.73. The van der Waals surface area contributed by atoms with E-state index in [-0.39, 0.29) is 20.9 Å². The summed E-state index contributed by atoms with van der Waals surface area (Å²) in [7, 11) is -3.73. The van der Waals surface area contributed by atoms with E-state index in [9.17, 15) is 8.42 Å². The van der Waals surface area contributed by atoms with Gasteiger partial charge in [-0.3, -0.25) is 0 Å². The molecule has 1 fully saturated rings. The van der Waals surface area contributed by atoms with Gasteiger partial charge in [0.25, 0.3) is 0 Å². The highest BCUT2D eigenvalue weighted by molar-refractivity contribution is 9.10. The number of benzene rings is 1. The Morgan fingerprint density at radius 2 is 2.00 bits per heavy atom.